The number of anilines is 3. The van der Waals surface area contributed by atoms with Crippen LogP contribution in [-0.2, 0) is 11.3 Å². The maximum atomic E-state index is 5.49. The first kappa shape index (κ1) is 20.8. The third kappa shape index (κ3) is 4.66. The number of nitrogens with one attached hydrogen (secondary N) is 4. The lowest BCUT2D eigenvalue weighted by atomic mass is 9.99. The lowest BCUT2D eigenvalue weighted by Gasteiger charge is -2.30. The van der Waals surface area contributed by atoms with E-state index >= 15 is 0 Å². The van der Waals surface area contributed by atoms with Crippen LogP contribution in [0.25, 0.3) is 10.9 Å². The number of piperidine rings is 1. The quantitative estimate of drug-likeness (QED) is 0.457. The second-order valence-electron chi connectivity index (χ2n) is 9.63. The van der Waals surface area contributed by atoms with Gasteiger partial charge in [-0.3, -0.25) is 15.0 Å². The van der Waals surface area contributed by atoms with Gasteiger partial charge in [0.2, 0.25) is 0 Å². The van der Waals surface area contributed by atoms with Crippen molar-refractivity contribution in [3.8, 4) is 0 Å². The van der Waals surface area contributed by atoms with Crippen LogP contribution in [0.5, 0.6) is 0 Å². The van der Waals surface area contributed by atoms with Crippen LogP contribution in [0.3, 0.4) is 0 Å². The molecule has 2 bridgehead atoms. The summed E-state index contributed by atoms with van der Waals surface area (Å²) >= 11 is 0. The van der Waals surface area contributed by atoms with E-state index in [-0.39, 0.29) is 0 Å². The van der Waals surface area contributed by atoms with Gasteiger partial charge in [-0.25, -0.2) is 4.98 Å². The largest absolute Gasteiger partial charge is 0.379 e. The zero-order chi connectivity index (χ0) is 22.2. The zero-order valence-electron chi connectivity index (χ0n) is 19.1. The smallest absolute Gasteiger partial charge is 0.153 e. The Morgan fingerprint density at radius 3 is 2.64 bits per heavy atom. The molecule has 9 heteroatoms. The Bertz CT molecular complexity index is 1110. The number of rotatable bonds is 6. The Labute approximate surface area is 193 Å². The SMILES string of the molecule is Cc1cc(Nc2cc3nc(CN4CCOCC4)ccc3c(NC3C[C@H]4CC[C@@H](C3)N4)n2)n[nH]1. The number of aromatic amines is 1. The van der Waals surface area contributed by atoms with E-state index in [9.17, 15) is 0 Å². The minimum absolute atomic E-state index is 0.426. The summed E-state index contributed by atoms with van der Waals surface area (Å²) in [5.41, 5.74) is 3.03. The van der Waals surface area contributed by atoms with Crippen LogP contribution in [0.4, 0.5) is 17.5 Å². The van der Waals surface area contributed by atoms with E-state index in [1.807, 2.05) is 19.1 Å². The van der Waals surface area contributed by atoms with Crippen LogP contribution in [0, 0.1) is 6.92 Å². The number of morpholine rings is 1. The number of hydrogen-bond donors (Lipinski definition) is 4. The molecule has 3 aromatic rings. The van der Waals surface area contributed by atoms with E-state index in [0.29, 0.717) is 18.1 Å². The summed E-state index contributed by atoms with van der Waals surface area (Å²) in [6, 6.07) is 9.99. The maximum absolute atomic E-state index is 5.49. The van der Waals surface area contributed by atoms with Gasteiger partial charge in [-0.2, -0.15) is 5.10 Å². The molecular weight excluding hydrogens is 416 g/mol. The van der Waals surface area contributed by atoms with Gasteiger partial charge in [0, 0.05) is 61.0 Å². The Kier molecular flexibility index (Phi) is 5.61. The number of hydrogen-bond acceptors (Lipinski definition) is 8. The van der Waals surface area contributed by atoms with Crippen molar-refractivity contribution >= 4 is 28.4 Å². The summed E-state index contributed by atoms with van der Waals surface area (Å²) in [5.74, 6) is 2.41. The molecule has 3 fully saturated rings. The standard InChI is InChI=1S/C24H32N8O/c1-15-10-23(31-30-15)28-22-13-21-20(5-4-18(26-21)14-32-6-8-33-9-7-32)24(29-22)27-19-11-16-2-3-17(12-19)25-16/h4-5,10,13,16-17,19,25H,2-3,6-9,11-12,14H2,1H3,(H3,27,28,29,30,31)/t16-,17+,19?. The van der Waals surface area contributed by atoms with Crippen molar-refractivity contribution in [1.82, 2.24) is 30.4 Å². The number of nitrogens with zero attached hydrogens (tertiary/aromatic N) is 4. The van der Waals surface area contributed by atoms with Gasteiger partial charge in [0.05, 0.1) is 24.4 Å². The fourth-order valence-corrected chi connectivity index (χ4v) is 5.40. The van der Waals surface area contributed by atoms with E-state index < -0.39 is 0 Å². The van der Waals surface area contributed by atoms with Crippen molar-refractivity contribution in [2.75, 3.05) is 36.9 Å². The molecule has 9 nitrogen and oxygen atoms in total. The minimum Gasteiger partial charge on any atom is -0.379 e. The van der Waals surface area contributed by atoms with Gasteiger partial charge in [-0.15, -0.1) is 0 Å². The number of aryl methyl sites for hydroxylation is 1. The van der Waals surface area contributed by atoms with Crippen LogP contribution in [0.1, 0.15) is 37.1 Å². The molecule has 174 valence electrons. The third-order valence-electron chi connectivity index (χ3n) is 7.01. The van der Waals surface area contributed by atoms with Crippen LogP contribution in [0.2, 0.25) is 0 Å². The van der Waals surface area contributed by atoms with Crippen molar-refractivity contribution in [2.24, 2.45) is 0 Å². The Morgan fingerprint density at radius 2 is 1.88 bits per heavy atom. The van der Waals surface area contributed by atoms with Gasteiger partial charge in [0.1, 0.15) is 11.6 Å². The molecule has 1 unspecified atom stereocenters. The van der Waals surface area contributed by atoms with Crippen LogP contribution in [-0.4, -0.2) is 69.5 Å². The van der Waals surface area contributed by atoms with Gasteiger partial charge in [-0.05, 0) is 44.7 Å². The van der Waals surface area contributed by atoms with E-state index in [0.717, 1.165) is 85.4 Å². The fourth-order valence-electron chi connectivity index (χ4n) is 5.40. The summed E-state index contributed by atoms with van der Waals surface area (Å²) in [7, 11) is 0. The molecule has 6 heterocycles. The summed E-state index contributed by atoms with van der Waals surface area (Å²) in [5, 5.41) is 19.2. The minimum atomic E-state index is 0.426. The van der Waals surface area contributed by atoms with Crippen molar-refractivity contribution in [1.29, 1.82) is 0 Å². The average molecular weight is 449 g/mol. The molecule has 0 amide bonds. The number of H-pyrrole nitrogens is 1. The fraction of sp³-hybridized carbons (Fsp3) is 0.542. The first-order valence-corrected chi connectivity index (χ1v) is 12.1. The van der Waals surface area contributed by atoms with Crippen LogP contribution >= 0.6 is 0 Å². The maximum Gasteiger partial charge on any atom is 0.153 e. The molecule has 3 aliphatic heterocycles. The van der Waals surface area contributed by atoms with Gasteiger partial charge in [-0.1, -0.05) is 0 Å². The van der Waals surface area contributed by atoms with E-state index in [1.165, 1.54) is 12.8 Å². The van der Waals surface area contributed by atoms with Crippen molar-refractivity contribution in [2.45, 2.75) is 57.3 Å². The highest BCUT2D eigenvalue weighted by Crippen LogP contribution is 2.31. The highest BCUT2D eigenvalue weighted by atomic mass is 16.5. The number of ether oxygens (including phenoxy) is 1. The zero-order valence-corrected chi connectivity index (χ0v) is 19.1. The first-order valence-electron chi connectivity index (χ1n) is 12.1. The highest BCUT2D eigenvalue weighted by molar-refractivity contribution is 5.91. The third-order valence-corrected chi connectivity index (χ3v) is 7.01. The molecule has 3 aromatic heterocycles. The molecule has 3 saturated heterocycles. The van der Waals surface area contributed by atoms with E-state index in [4.69, 9.17) is 14.7 Å². The van der Waals surface area contributed by atoms with Gasteiger partial charge in [0.15, 0.2) is 5.82 Å². The molecule has 0 saturated carbocycles. The topological polar surface area (TPSA) is 103 Å². The Balaban J connectivity index is 1.31. The predicted octanol–water partition coefficient (Wildman–Crippen LogP) is 2.93. The van der Waals surface area contributed by atoms with Crippen molar-refractivity contribution < 1.29 is 4.74 Å². The Hall–Kier alpha value is -2.75. The second-order valence-corrected chi connectivity index (χ2v) is 9.63. The summed E-state index contributed by atoms with van der Waals surface area (Å²) < 4.78 is 5.49. The second kappa shape index (κ2) is 8.89. The van der Waals surface area contributed by atoms with Crippen molar-refractivity contribution in [3.63, 3.8) is 0 Å². The number of pyridine rings is 2. The highest BCUT2D eigenvalue weighted by Gasteiger charge is 2.33. The van der Waals surface area contributed by atoms with E-state index in [1.54, 1.807) is 0 Å². The Morgan fingerprint density at radius 1 is 1.06 bits per heavy atom. The molecule has 0 radical (unpaired) electrons. The normalized spacial score (nSPS) is 25.4. The molecule has 4 N–H and O–H groups in total. The van der Waals surface area contributed by atoms with Gasteiger partial charge in [0.25, 0.3) is 0 Å². The van der Waals surface area contributed by atoms with Crippen LogP contribution < -0.4 is 16.0 Å². The predicted molar refractivity (Wildman–Crippen MR) is 129 cm³/mol. The first-order chi connectivity index (χ1) is 16.2. The van der Waals surface area contributed by atoms with Gasteiger partial charge < -0.3 is 20.7 Å². The molecule has 3 atom stereocenters. The average Bonchev–Trinajstić information content (AvgIpc) is 3.38. The summed E-state index contributed by atoms with van der Waals surface area (Å²) in [6.45, 7) is 6.31. The molecule has 0 aliphatic carbocycles. The summed E-state index contributed by atoms with van der Waals surface area (Å²) in [6.07, 6.45) is 4.84. The van der Waals surface area contributed by atoms with E-state index in [2.05, 4.69) is 43.2 Å². The van der Waals surface area contributed by atoms with Crippen molar-refractivity contribution in [3.05, 3.63) is 35.7 Å². The molecule has 3 aliphatic rings. The molecule has 6 rings (SSSR count). The lowest BCUT2D eigenvalue weighted by Crippen LogP contribution is -2.43. The van der Waals surface area contributed by atoms with Gasteiger partial charge >= 0.3 is 0 Å². The summed E-state index contributed by atoms with van der Waals surface area (Å²) in [4.78, 5) is 12.4. The molecule has 0 spiro atoms. The number of aromatic nitrogens is 4. The number of fused-ring (bicyclic) bond motifs is 3. The molecule has 33 heavy (non-hydrogen) atoms. The molecule has 0 aromatic carbocycles. The molecular formula is C24H32N8O. The monoisotopic (exact) mass is 448 g/mol. The van der Waals surface area contributed by atoms with Crippen LogP contribution in [0.15, 0.2) is 24.3 Å². The lowest BCUT2D eigenvalue weighted by molar-refractivity contribution is 0.0337.